The zero-order chi connectivity index (χ0) is 24.7. The smallest absolute Gasteiger partial charge is 0.335 e. The molecule has 1 aliphatic heterocycles. The summed E-state index contributed by atoms with van der Waals surface area (Å²) in [5.74, 6) is -0.126. The van der Waals surface area contributed by atoms with Crippen LogP contribution in [0.4, 0.5) is 0 Å². The minimum absolute atomic E-state index is 0.134. The van der Waals surface area contributed by atoms with Crippen LogP contribution in [0.15, 0.2) is 71.5 Å². The second-order valence-electron chi connectivity index (χ2n) is 8.80. The van der Waals surface area contributed by atoms with Crippen LogP contribution in [-0.4, -0.2) is 30.6 Å². The van der Waals surface area contributed by atoms with Crippen molar-refractivity contribution < 1.29 is 14.3 Å². The number of carbonyl (C=O) groups is 1. The van der Waals surface area contributed by atoms with Crippen molar-refractivity contribution in [2.75, 3.05) is 0 Å². The number of aryl methyl sites for hydroxylation is 2. The van der Waals surface area contributed by atoms with Crippen LogP contribution in [0.25, 0.3) is 5.69 Å². The Balaban J connectivity index is 1.65. The molecular weight excluding hydrogens is 460 g/mol. The number of carboxylic acid groups (broad SMARTS) is 1. The summed E-state index contributed by atoms with van der Waals surface area (Å²) in [6, 6.07) is 16.8. The van der Waals surface area contributed by atoms with Crippen LogP contribution in [0.5, 0.6) is 0 Å². The first-order chi connectivity index (χ1) is 16.8. The molecule has 0 amide bonds. The third-order valence-electron chi connectivity index (χ3n) is 6.59. The fourth-order valence-electron chi connectivity index (χ4n) is 4.93. The predicted octanol–water partition coefficient (Wildman–Crippen LogP) is 5.26. The highest BCUT2D eigenvalue weighted by Crippen LogP contribution is 2.42. The number of thiocarbonyl (C=S) groups is 1. The number of hydrogen-bond acceptors (Lipinski definition) is 4. The molecule has 178 valence electrons. The number of benzene rings is 1. The molecule has 4 aromatic rings. The maximum absolute atomic E-state index is 11.7. The molecule has 0 spiro atoms. The van der Waals surface area contributed by atoms with Gasteiger partial charge in [-0.25, -0.2) is 4.79 Å². The molecule has 1 aliphatic rings. The van der Waals surface area contributed by atoms with E-state index in [1.54, 1.807) is 24.6 Å². The molecule has 35 heavy (non-hydrogen) atoms. The standard InChI is InChI=1S/C27H26N4O3S/c1-16-9-10-19(26(32)33)14-23(16)31-17(2)13-21(18(31)3)25-24(22-8-4-5-11-28-22)29-27(35)30(25)15-20-7-6-12-34-20/h4-14,24-25H,15H2,1-3H3,(H,29,35)(H,32,33)/t24-,25+/m0/s1. The molecule has 2 N–H and O–H groups in total. The van der Waals surface area contributed by atoms with E-state index in [1.807, 2.05) is 50.2 Å². The van der Waals surface area contributed by atoms with Crippen LogP contribution in [0, 0.1) is 20.8 Å². The predicted molar refractivity (Wildman–Crippen MR) is 137 cm³/mol. The minimum atomic E-state index is -0.945. The molecule has 2 atom stereocenters. The van der Waals surface area contributed by atoms with Crippen LogP contribution < -0.4 is 5.32 Å². The highest BCUT2D eigenvalue weighted by Gasteiger charge is 2.41. The molecule has 0 radical (unpaired) electrons. The summed E-state index contributed by atoms with van der Waals surface area (Å²) in [6.45, 7) is 6.61. The van der Waals surface area contributed by atoms with Crippen molar-refractivity contribution in [3.05, 3.63) is 107 Å². The first-order valence-corrected chi connectivity index (χ1v) is 11.8. The highest BCUT2D eigenvalue weighted by molar-refractivity contribution is 7.80. The first-order valence-electron chi connectivity index (χ1n) is 11.4. The number of aromatic carboxylic acids is 1. The van der Waals surface area contributed by atoms with Gasteiger partial charge in [-0.3, -0.25) is 4.98 Å². The number of furan rings is 1. The molecule has 0 bridgehead atoms. The number of nitrogens with zero attached hydrogens (tertiary/aromatic N) is 3. The van der Waals surface area contributed by atoms with Gasteiger partial charge >= 0.3 is 5.97 Å². The fraction of sp³-hybridized carbons (Fsp3) is 0.222. The lowest BCUT2D eigenvalue weighted by Gasteiger charge is -2.27. The maximum atomic E-state index is 11.7. The second-order valence-corrected chi connectivity index (χ2v) is 9.19. The molecule has 4 heterocycles. The van der Waals surface area contributed by atoms with Crippen molar-refractivity contribution in [3.8, 4) is 5.69 Å². The molecule has 0 unspecified atom stereocenters. The van der Waals surface area contributed by atoms with Crippen LogP contribution in [0.2, 0.25) is 0 Å². The zero-order valence-electron chi connectivity index (χ0n) is 19.7. The van der Waals surface area contributed by atoms with Crippen molar-refractivity contribution in [1.29, 1.82) is 0 Å². The Labute approximate surface area is 209 Å². The molecule has 7 nitrogen and oxygen atoms in total. The Hall–Kier alpha value is -3.91. The summed E-state index contributed by atoms with van der Waals surface area (Å²) < 4.78 is 7.77. The van der Waals surface area contributed by atoms with E-state index in [2.05, 4.69) is 32.8 Å². The van der Waals surface area contributed by atoms with Crippen LogP contribution in [0.3, 0.4) is 0 Å². The Morgan fingerprint density at radius 1 is 1.14 bits per heavy atom. The fourth-order valence-corrected chi connectivity index (χ4v) is 5.23. The summed E-state index contributed by atoms with van der Waals surface area (Å²) in [5.41, 5.74) is 6.14. The summed E-state index contributed by atoms with van der Waals surface area (Å²) in [7, 11) is 0. The number of pyridine rings is 1. The van der Waals surface area contributed by atoms with Gasteiger partial charge in [0.05, 0.1) is 36.1 Å². The number of aromatic nitrogens is 2. The maximum Gasteiger partial charge on any atom is 0.335 e. The molecular formula is C27H26N4O3S. The molecule has 0 aliphatic carbocycles. The third kappa shape index (κ3) is 4.10. The average molecular weight is 487 g/mol. The summed E-state index contributed by atoms with van der Waals surface area (Å²) in [4.78, 5) is 18.4. The van der Waals surface area contributed by atoms with E-state index in [9.17, 15) is 9.90 Å². The van der Waals surface area contributed by atoms with E-state index < -0.39 is 5.97 Å². The van der Waals surface area contributed by atoms with Crippen molar-refractivity contribution in [2.24, 2.45) is 0 Å². The van der Waals surface area contributed by atoms with E-state index in [0.29, 0.717) is 11.7 Å². The molecule has 3 aromatic heterocycles. The van der Waals surface area contributed by atoms with Crippen LogP contribution in [0.1, 0.15) is 56.4 Å². The highest BCUT2D eigenvalue weighted by atomic mass is 32.1. The molecule has 0 saturated carbocycles. The zero-order valence-corrected chi connectivity index (χ0v) is 20.5. The van der Waals surface area contributed by atoms with Gasteiger partial charge in [0, 0.05) is 23.3 Å². The topological polar surface area (TPSA) is 83.5 Å². The molecule has 5 rings (SSSR count). The van der Waals surface area contributed by atoms with Crippen LogP contribution >= 0.6 is 12.2 Å². The SMILES string of the molecule is Cc1ccc(C(=O)O)cc1-n1c(C)cc([C@@H]2[C@H](c3ccccn3)NC(=S)N2Cc2ccco2)c1C. The normalized spacial score (nSPS) is 17.6. The number of rotatable bonds is 6. The van der Waals surface area contributed by atoms with E-state index in [-0.39, 0.29) is 17.6 Å². The van der Waals surface area contributed by atoms with Gasteiger partial charge in [-0.15, -0.1) is 0 Å². The van der Waals surface area contributed by atoms with Crippen molar-refractivity contribution in [2.45, 2.75) is 39.4 Å². The number of hydrogen-bond donors (Lipinski definition) is 2. The molecule has 1 saturated heterocycles. The van der Waals surface area contributed by atoms with Gasteiger partial charge < -0.3 is 24.3 Å². The number of nitrogens with one attached hydrogen (secondary N) is 1. The second kappa shape index (κ2) is 9.03. The van der Waals surface area contributed by atoms with Gasteiger partial charge in [0.1, 0.15) is 5.76 Å². The Morgan fingerprint density at radius 2 is 1.97 bits per heavy atom. The van der Waals surface area contributed by atoms with Crippen molar-refractivity contribution >= 4 is 23.3 Å². The van der Waals surface area contributed by atoms with Gasteiger partial charge in [-0.05, 0) is 86.6 Å². The van der Waals surface area contributed by atoms with Crippen molar-refractivity contribution in [3.63, 3.8) is 0 Å². The monoisotopic (exact) mass is 486 g/mol. The van der Waals surface area contributed by atoms with Gasteiger partial charge in [0.2, 0.25) is 0 Å². The summed E-state index contributed by atoms with van der Waals surface area (Å²) in [5, 5.41) is 13.7. The Morgan fingerprint density at radius 3 is 2.66 bits per heavy atom. The van der Waals surface area contributed by atoms with Crippen LogP contribution in [-0.2, 0) is 6.54 Å². The lowest BCUT2D eigenvalue weighted by atomic mass is 9.96. The number of carboxylic acids is 1. The van der Waals surface area contributed by atoms with E-state index in [0.717, 1.165) is 39.7 Å². The largest absolute Gasteiger partial charge is 0.478 e. The molecule has 1 aromatic carbocycles. The third-order valence-corrected chi connectivity index (χ3v) is 6.94. The average Bonchev–Trinajstić information content (AvgIpc) is 3.54. The molecule has 8 heteroatoms. The van der Waals surface area contributed by atoms with E-state index >= 15 is 0 Å². The summed E-state index contributed by atoms with van der Waals surface area (Å²) >= 11 is 5.78. The van der Waals surface area contributed by atoms with Gasteiger partial charge in [-0.1, -0.05) is 12.1 Å². The van der Waals surface area contributed by atoms with E-state index in [4.69, 9.17) is 16.6 Å². The lowest BCUT2D eigenvalue weighted by molar-refractivity contribution is 0.0697. The van der Waals surface area contributed by atoms with Gasteiger partial charge in [0.25, 0.3) is 0 Å². The minimum Gasteiger partial charge on any atom is -0.478 e. The quantitative estimate of drug-likeness (QED) is 0.360. The van der Waals surface area contributed by atoms with Gasteiger partial charge in [-0.2, -0.15) is 0 Å². The van der Waals surface area contributed by atoms with Crippen molar-refractivity contribution in [1.82, 2.24) is 19.8 Å². The lowest BCUT2D eigenvalue weighted by Crippen LogP contribution is -2.29. The summed E-state index contributed by atoms with van der Waals surface area (Å²) in [6.07, 6.45) is 3.45. The molecule has 1 fully saturated rings. The van der Waals surface area contributed by atoms with E-state index in [1.165, 1.54) is 0 Å². The Kier molecular flexibility index (Phi) is 5.90. The van der Waals surface area contributed by atoms with Gasteiger partial charge in [0.15, 0.2) is 5.11 Å². The Bertz CT molecular complexity index is 1400. The first kappa shape index (κ1) is 22.9.